The largest absolute Gasteiger partial charge is 0.466 e. The summed E-state index contributed by atoms with van der Waals surface area (Å²) in [5.41, 5.74) is 0. The SMILES string of the molecule is O=P(O)(O)O.c1ccc(SSc2ccccc2)cc1. The van der Waals surface area contributed by atoms with E-state index in [1.54, 1.807) is 21.6 Å². The van der Waals surface area contributed by atoms with Crippen molar-refractivity contribution in [3.05, 3.63) is 60.7 Å². The van der Waals surface area contributed by atoms with E-state index < -0.39 is 7.82 Å². The molecule has 19 heavy (non-hydrogen) atoms. The van der Waals surface area contributed by atoms with Crippen LogP contribution in [-0.2, 0) is 4.57 Å². The van der Waals surface area contributed by atoms with E-state index >= 15 is 0 Å². The predicted octanol–water partition coefficient (Wildman–Crippen LogP) is 3.56. The average Bonchev–Trinajstić information content (AvgIpc) is 2.37. The van der Waals surface area contributed by atoms with Crippen molar-refractivity contribution in [2.45, 2.75) is 9.79 Å². The van der Waals surface area contributed by atoms with Crippen LogP contribution in [0.4, 0.5) is 0 Å². The van der Waals surface area contributed by atoms with Crippen molar-refractivity contribution in [3.8, 4) is 0 Å². The van der Waals surface area contributed by atoms with E-state index in [0.717, 1.165) is 0 Å². The standard InChI is InChI=1S/C12H10S2.H3O4P/c1-3-7-11(8-4-1)13-14-12-9-5-2-6-10-12;1-5(2,3)4/h1-10H;(H3,1,2,3,4). The summed E-state index contributed by atoms with van der Waals surface area (Å²) in [7, 11) is -1.06. The Morgan fingerprint density at radius 3 is 1.21 bits per heavy atom. The molecular formula is C12H13O4PS2. The summed E-state index contributed by atoms with van der Waals surface area (Å²) in [6.07, 6.45) is 0. The van der Waals surface area contributed by atoms with Crippen LogP contribution in [0.5, 0.6) is 0 Å². The van der Waals surface area contributed by atoms with Gasteiger partial charge in [-0.3, -0.25) is 0 Å². The van der Waals surface area contributed by atoms with Crippen LogP contribution in [0, 0.1) is 0 Å². The summed E-state index contributed by atoms with van der Waals surface area (Å²) in [6.45, 7) is 0. The molecule has 2 aromatic carbocycles. The van der Waals surface area contributed by atoms with Gasteiger partial charge in [-0.2, -0.15) is 0 Å². The van der Waals surface area contributed by atoms with Gasteiger partial charge >= 0.3 is 7.82 Å². The molecule has 0 aliphatic carbocycles. The highest BCUT2D eigenvalue weighted by molar-refractivity contribution is 8.76. The van der Waals surface area contributed by atoms with Gasteiger partial charge in [-0.05, 0) is 24.3 Å². The van der Waals surface area contributed by atoms with Gasteiger partial charge in [0.2, 0.25) is 0 Å². The molecule has 0 bridgehead atoms. The van der Waals surface area contributed by atoms with Crippen LogP contribution in [0.1, 0.15) is 0 Å². The molecule has 0 radical (unpaired) electrons. The van der Waals surface area contributed by atoms with Crippen molar-refractivity contribution < 1.29 is 19.2 Å². The first kappa shape index (κ1) is 16.3. The van der Waals surface area contributed by atoms with Crippen molar-refractivity contribution in [3.63, 3.8) is 0 Å². The molecule has 0 aliphatic rings. The lowest BCUT2D eigenvalue weighted by molar-refractivity contribution is 0.275. The third-order valence-corrected chi connectivity index (χ3v) is 4.14. The fraction of sp³-hybridized carbons (Fsp3) is 0. The summed E-state index contributed by atoms with van der Waals surface area (Å²) in [4.78, 5) is 24.1. The Morgan fingerprint density at radius 1 is 0.684 bits per heavy atom. The Balaban J connectivity index is 0.000000312. The van der Waals surface area contributed by atoms with Crippen LogP contribution >= 0.6 is 29.4 Å². The molecule has 4 nitrogen and oxygen atoms in total. The van der Waals surface area contributed by atoms with Crippen molar-refractivity contribution in [1.82, 2.24) is 0 Å². The minimum atomic E-state index is -4.64. The van der Waals surface area contributed by atoms with Crippen LogP contribution in [0.15, 0.2) is 70.5 Å². The van der Waals surface area contributed by atoms with Gasteiger partial charge in [-0.1, -0.05) is 58.0 Å². The van der Waals surface area contributed by atoms with E-state index in [1.165, 1.54) is 9.79 Å². The molecule has 0 aromatic heterocycles. The highest BCUT2D eigenvalue weighted by Gasteiger charge is 2.00. The summed E-state index contributed by atoms with van der Waals surface area (Å²) >= 11 is 0. The molecule has 0 saturated carbocycles. The van der Waals surface area contributed by atoms with E-state index in [4.69, 9.17) is 19.2 Å². The number of hydrogen-bond acceptors (Lipinski definition) is 3. The Hall–Kier alpha value is -0.750. The molecule has 102 valence electrons. The van der Waals surface area contributed by atoms with Gasteiger partial charge in [0.25, 0.3) is 0 Å². The normalized spacial score (nSPS) is 10.5. The minimum absolute atomic E-state index is 1.29. The van der Waals surface area contributed by atoms with Gasteiger partial charge in [0, 0.05) is 9.79 Å². The predicted molar refractivity (Wildman–Crippen MR) is 78.9 cm³/mol. The van der Waals surface area contributed by atoms with Gasteiger partial charge in [-0.25, -0.2) is 4.57 Å². The van der Waals surface area contributed by atoms with Crippen LogP contribution in [-0.4, -0.2) is 14.7 Å². The lowest BCUT2D eigenvalue weighted by Gasteiger charge is -1.99. The molecule has 7 heteroatoms. The quantitative estimate of drug-likeness (QED) is 0.594. The van der Waals surface area contributed by atoms with Gasteiger partial charge in [-0.15, -0.1) is 0 Å². The van der Waals surface area contributed by atoms with E-state index in [9.17, 15) is 0 Å². The Kier molecular flexibility index (Phi) is 7.23. The van der Waals surface area contributed by atoms with E-state index in [1.807, 2.05) is 12.1 Å². The summed E-state index contributed by atoms with van der Waals surface area (Å²) in [6, 6.07) is 20.8. The molecule has 0 fully saturated rings. The van der Waals surface area contributed by atoms with Crippen LogP contribution < -0.4 is 0 Å². The fourth-order valence-corrected chi connectivity index (χ4v) is 3.02. The third-order valence-electron chi connectivity index (χ3n) is 1.72. The van der Waals surface area contributed by atoms with Crippen molar-refractivity contribution in [2.24, 2.45) is 0 Å². The molecule has 0 unspecified atom stereocenters. The second kappa shape index (κ2) is 8.43. The molecule has 2 rings (SSSR count). The zero-order valence-electron chi connectivity index (χ0n) is 9.79. The monoisotopic (exact) mass is 316 g/mol. The smallest absolute Gasteiger partial charge is 0.303 e. The first-order valence-electron chi connectivity index (χ1n) is 5.18. The zero-order valence-corrected chi connectivity index (χ0v) is 12.3. The summed E-state index contributed by atoms with van der Waals surface area (Å²) in [5, 5.41) is 0. The fourth-order valence-electron chi connectivity index (χ4n) is 1.05. The maximum absolute atomic E-state index is 8.88. The Bertz CT molecular complexity index is 468. The lowest BCUT2D eigenvalue weighted by atomic mass is 10.4. The van der Waals surface area contributed by atoms with Crippen LogP contribution in [0.3, 0.4) is 0 Å². The van der Waals surface area contributed by atoms with Gasteiger partial charge in [0.15, 0.2) is 0 Å². The maximum Gasteiger partial charge on any atom is 0.466 e. The molecule has 0 saturated heterocycles. The molecule has 0 heterocycles. The molecular weight excluding hydrogens is 303 g/mol. The van der Waals surface area contributed by atoms with E-state index in [0.29, 0.717) is 0 Å². The number of phosphoric acid groups is 1. The minimum Gasteiger partial charge on any atom is -0.303 e. The van der Waals surface area contributed by atoms with Gasteiger partial charge in [0.1, 0.15) is 0 Å². The number of rotatable bonds is 3. The maximum atomic E-state index is 8.88. The third kappa shape index (κ3) is 9.78. The van der Waals surface area contributed by atoms with Gasteiger partial charge < -0.3 is 14.7 Å². The molecule has 0 spiro atoms. The second-order valence-corrected chi connectivity index (χ2v) is 6.61. The molecule has 3 N–H and O–H groups in total. The van der Waals surface area contributed by atoms with Crippen molar-refractivity contribution >= 4 is 29.4 Å². The highest BCUT2D eigenvalue weighted by Crippen LogP contribution is 2.36. The molecule has 2 aromatic rings. The second-order valence-electron chi connectivity index (χ2n) is 3.31. The summed E-state index contributed by atoms with van der Waals surface area (Å²) < 4.78 is 8.88. The summed E-state index contributed by atoms with van der Waals surface area (Å²) in [5.74, 6) is 0. The van der Waals surface area contributed by atoms with E-state index in [2.05, 4.69) is 48.5 Å². The first-order valence-corrected chi connectivity index (χ1v) is 8.89. The van der Waals surface area contributed by atoms with Crippen molar-refractivity contribution in [2.75, 3.05) is 0 Å². The number of hydrogen-bond donors (Lipinski definition) is 3. The van der Waals surface area contributed by atoms with Gasteiger partial charge in [0.05, 0.1) is 0 Å². The average molecular weight is 316 g/mol. The zero-order chi connectivity index (χ0) is 14.1. The molecule has 0 aliphatic heterocycles. The first-order chi connectivity index (χ1) is 8.95. The van der Waals surface area contributed by atoms with E-state index in [-0.39, 0.29) is 0 Å². The molecule has 0 atom stereocenters. The highest BCUT2D eigenvalue weighted by atomic mass is 33.1. The topological polar surface area (TPSA) is 77.8 Å². The Labute approximate surface area is 119 Å². The Morgan fingerprint density at radius 2 is 0.947 bits per heavy atom. The molecule has 0 amide bonds. The van der Waals surface area contributed by atoms with Crippen LogP contribution in [0.2, 0.25) is 0 Å². The van der Waals surface area contributed by atoms with Crippen LogP contribution in [0.25, 0.3) is 0 Å². The van der Waals surface area contributed by atoms with Crippen molar-refractivity contribution in [1.29, 1.82) is 0 Å². The number of benzene rings is 2. The lowest BCUT2D eigenvalue weighted by Crippen LogP contribution is -1.67.